The number of amides is 1. The molecule has 1 amide bonds. The van der Waals surface area contributed by atoms with Gasteiger partial charge < -0.3 is 15.4 Å². The van der Waals surface area contributed by atoms with Gasteiger partial charge in [-0.05, 0) is 36.4 Å². The van der Waals surface area contributed by atoms with Gasteiger partial charge in [-0.25, -0.2) is 4.39 Å². The maximum absolute atomic E-state index is 13.2. The van der Waals surface area contributed by atoms with Gasteiger partial charge in [-0.15, -0.1) is 0 Å². The van der Waals surface area contributed by atoms with Crippen molar-refractivity contribution in [2.75, 3.05) is 17.7 Å². The standard InChI is InChI=1S/C19H15ClFN3O2/c1-26-16-4-2-3-13(8-16)23-15-7-12(10-22-11-15)19(25)24-14-5-6-18(21)17(20)9-14/h2-11,23H,1H3,(H,24,25). The monoisotopic (exact) mass is 371 g/mol. The number of anilines is 3. The van der Waals surface area contributed by atoms with E-state index >= 15 is 0 Å². The molecule has 0 atom stereocenters. The topological polar surface area (TPSA) is 63.2 Å². The summed E-state index contributed by atoms with van der Waals surface area (Å²) in [6.45, 7) is 0. The predicted octanol–water partition coefficient (Wildman–Crippen LogP) is 4.88. The van der Waals surface area contributed by atoms with Crippen molar-refractivity contribution in [2.45, 2.75) is 0 Å². The van der Waals surface area contributed by atoms with Crippen molar-refractivity contribution < 1.29 is 13.9 Å². The molecule has 0 aliphatic heterocycles. The Morgan fingerprint density at radius 1 is 1.08 bits per heavy atom. The molecule has 0 aliphatic carbocycles. The lowest BCUT2D eigenvalue weighted by atomic mass is 10.2. The second-order valence-corrected chi connectivity index (χ2v) is 5.81. The summed E-state index contributed by atoms with van der Waals surface area (Å²) < 4.78 is 18.4. The highest BCUT2D eigenvalue weighted by atomic mass is 35.5. The Hall–Kier alpha value is -3.12. The molecule has 0 aliphatic rings. The third-order valence-electron chi connectivity index (χ3n) is 3.54. The first kappa shape index (κ1) is 17.7. The fourth-order valence-corrected chi connectivity index (χ4v) is 2.46. The van der Waals surface area contributed by atoms with E-state index in [-0.39, 0.29) is 10.9 Å². The lowest BCUT2D eigenvalue weighted by Crippen LogP contribution is -2.12. The summed E-state index contributed by atoms with van der Waals surface area (Å²) in [6.07, 6.45) is 3.04. The number of methoxy groups -OCH3 is 1. The Morgan fingerprint density at radius 3 is 2.69 bits per heavy atom. The van der Waals surface area contributed by atoms with Crippen molar-refractivity contribution >= 4 is 34.6 Å². The summed E-state index contributed by atoms with van der Waals surface area (Å²) in [7, 11) is 1.59. The highest BCUT2D eigenvalue weighted by molar-refractivity contribution is 6.31. The van der Waals surface area contributed by atoms with E-state index in [0.717, 1.165) is 5.69 Å². The molecular formula is C19H15ClFN3O2. The Bertz CT molecular complexity index is 950. The number of benzene rings is 2. The average Bonchev–Trinajstić information content (AvgIpc) is 2.65. The van der Waals surface area contributed by atoms with Gasteiger partial charge in [0.2, 0.25) is 0 Å². The van der Waals surface area contributed by atoms with Crippen LogP contribution in [0.1, 0.15) is 10.4 Å². The normalized spacial score (nSPS) is 10.3. The number of hydrogen-bond acceptors (Lipinski definition) is 4. The fourth-order valence-electron chi connectivity index (χ4n) is 2.28. The largest absolute Gasteiger partial charge is 0.497 e. The number of rotatable bonds is 5. The number of nitrogens with one attached hydrogen (secondary N) is 2. The molecular weight excluding hydrogens is 357 g/mol. The van der Waals surface area contributed by atoms with Crippen molar-refractivity contribution in [3.05, 3.63) is 77.3 Å². The van der Waals surface area contributed by atoms with Crippen molar-refractivity contribution in [2.24, 2.45) is 0 Å². The number of pyridine rings is 1. The molecule has 0 fully saturated rings. The lowest BCUT2D eigenvalue weighted by molar-refractivity contribution is 0.102. The highest BCUT2D eigenvalue weighted by Crippen LogP contribution is 2.22. The van der Waals surface area contributed by atoms with Crippen LogP contribution in [0.2, 0.25) is 5.02 Å². The molecule has 0 radical (unpaired) electrons. The van der Waals surface area contributed by atoms with E-state index < -0.39 is 5.82 Å². The molecule has 2 N–H and O–H groups in total. The van der Waals surface area contributed by atoms with Gasteiger partial charge in [0.15, 0.2) is 0 Å². The molecule has 0 unspecified atom stereocenters. The summed E-state index contributed by atoms with van der Waals surface area (Å²) in [6, 6.07) is 13.0. The van der Waals surface area contributed by atoms with Crippen LogP contribution in [-0.2, 0) is 0 Å². The summed E-state index contributed by atoms with van der Waals surface area (Å²) in [5, 5.41) is 5.76. The van der Waals surface area contributed by atoms with Crippen molar-refractivity contribution in [1.82, 2.24) is 4.98 Å². The molecule has 2 aromatic carbocycles. The van der Waals surface area contributed by atoms with Crippen molar-refractivity contribution in [3.63, 3.8) is 0 Å². The van der Waals surface area contributed by atoms with Crippen LogP contribution in [0.15, 0.2) is 60.9 Å². The van der Waals surface area contributed by atoms with E-state index in [1.54, 1.807) is 19.4 Å². The number of hydrogen-bond donors (Lipinski definition) is 2. The number of nitrogens with zero attached hydrogens (tertiary/aromatic N) is 1. The Labute approximate surface area is 154 Å². The maximum Gasteiger partial charge on any atom is 0.257 e. The van der Waals surface area contributed by atoms with E-state index in [9.17, 15) is 9.18 Å². The molecule has 0 saturated carbocycles. The van der Waals surface area contributed by atoms with Gasteiger partial charge in [-0.2, -0.15) is 0 Å². The fraction of sp³-hybridized carbons (Fsp3) is 0.0526. The summed E-state index contributed by atoms with van der Waals surface area (Å²) >= 11 is 5.72. The van der Waals surface area contributed by atoms with Gasteiger partial charge in [0, 0.05) is 23.6 Å². The maximum atomic E-state index is 13.2. The zero-order valence-electron chi connectivity index (χ0n) is 13.8. The van der Waals surface area contributed by atoms with Gasteiger partial charge in [0.05, 0.1) is 29.6 Å². The smallest absolute Gasteiger partial charge is 0.257 e. The molecule has 7 heteroatoms. The van der Waals surface area contributed by atoms with Crippen LogP contribution in [0.5, 0.6) is 5.75 Å². The SMILES string of the molecule is COc1cccc(Nc2cncc(C(=O)Nc3ccc(F)c(Cl)c3)c2)c1. The first-order chi connectivity index (χ1) is 12.5. The first-order valence-corrected chi connectivity index (χ1v) is 8.05. The Kier molecular flexibility index (Phi) is 5.34. The lowest BCUT2D eigenvalue weighted by Gasteiger charge is -2.10. The number of ether oxygens (including phenoxy) is 1. The molecule has 0 saturated heterocycles. The van der Waals surface area contributed by atoms with Crippen molar-refractivity contribution in [1.29, 1.82) is 0 Å². The van der Waals surface area contributed by atoms with Crippen LogP contribution in [-0.4, -0.2) is 18.0 Å². The second-order valence-electron chi connectivity index (χ2n) is 5.40. The van der Waals surface area contributed by atoms with Gasteiger partial charge in [-0.3, -0.25) is 9.78 Å². The number of carbonyl (C=O) groups excluding carboxylic acids is 1. The molecule has 0 spiro atoms. The van der Waals surface area contributed by atoms with Gasteiger partial charge in [0.25, 0.3) is 5.91 Å². The number of halogens is 2. The van der Waals surface area contributed by atoms with Crippen molar-refractivity contribution in [3.8, 4) is 5.75 Å². The minimum Gasteiger partial charge on any atom is -0.497 e. The quantitative estimate of drug-likeness (QED) is 0.671. The molecule has 5 nitrogen and oxygen atoms in total. The van der Waals surface area contributed by atoms with E-state index in [4.69, 9.17) is 16.3 Å². The molecule has 1 heterocycles. The number of aromatic nitrogens is 1. The van der Waals surface area contributed by atoms with E-state index in [1.807, 2.05) is 24.3 Å². The summed E-state index contributed by atoms with van der Waals surface area (Å²) in [5.41, 5.74) is 2.18. The van der Waals surface area contributed by atoms with Crippen LogP contribution < -0.4 is 15.4 Å². The Morgan fingerprint density at radius 2 is 1.92 bits per heavy atom. The van der Waals surface area contributed by atoms with Crippen LogP contribution in [0.4, 0.5) is 21.5 Å². The minimum absolute atomic E-state index is 0.0608. The zero-order chi connectivity index (χ0) is 18.5. The van der Waals surface area contributed by atoms with Gasteiger partial charge in [-0.1, -0.05) is 17.7 Å². The van der Waals surface area contributed by atoms with Crippen LogP contribution in [0.3, 0.4) is 0 Å². The first-order valence-electron chi connectivity index (χ1n) is 7.67. The average molecular weight is 372 g/mol. The van der Waals surface area contributed by atoms with Crippen LogP contribution >= 0.6 is 11.6 Å². The molecule has 26 heavy (non-hydrogen) atoms. The third-order valence-corrected chi connectivity index (χ3v) is 3.83. The predicted molar refractivity (Wildman–Crippen MR) is 99.9 cm³/mol. The van der Waals surface area contributed by atoms with E-state index in [0.29, 0.717) is 22.7 Å². The zero-order valence-corrected chi connectivity index (χ0v) is 14.5. The second kappa shape index (κ2) is 7.84. The minimum atomic E-state index is -0.546. The van der Waals surface area contributed by atoms with E-state index in [2.05, 4.69) is 15.6 Å². The van der Waals surface area contributed by atoms with Gasteiger partial charge in [0.1, 0.15) is 11.6 Å². The molecule has 3 rings (SSSR count). The molecule has 3 aromatic rings. The Balaban J connectivity index is 1.75. The molecule has 1 aromatic heterocycles. The molecule has 132 valence electrons. The number of carbonyl (C=O) groups is 1. The van der Waals surface area contributed by atoms with Gasteiger partial charge >= 0.3 is 0 Å². The van der Waals surface area contributed by atoms with Crippen LogP contribution in [0, 0.1) is 5.82 Å². The highest BCUT2D eigenvalue weighted by Gasteiger charge is 2.09. The summed E-state index contributed by atoms with van der Waals surface area (Å²) in [5.74, 6) is -0.213. The molecule has 0 bridgehead atoms. The third kappa shape index (κ3) is 4.29. The summed E-state index contributed by atoms with van der Waals surface area (Å²) in [4.78, 5) is 16.5. The van der Waals surface area contributed by atoms with Crippen LogP contribution in [0.25, 0.3) is 0 Å². The van der Waals surface area contributed by atoms with E-state index in [1.165, 1.54) is 24.4 Å².